The van der Waals surface area contributed by atoms with E-state index in [2.05, 4.69) is 35.0 Å². The highest BCUT2D eigenvalue weighted by Gasteiger charge is 2.32. The molecule has 2 aliphatic rings. The Morgan fingerprint density at radius 2 is 1.92 bits per heavy atom. The van der Waals surface area contributed by atoms with Crippen molar-refractivity contribution in [2.75, 3.05) is 36.4 Å². The van der Waals surface area contributed by atoms with Crippen molar-refractivity contribution < 1.29 is 9.90 Å². The Balaban J connectivity index is 1.62. The van der Waals surface area contributed by atoms with E-state index in [4.69, 9.17) is 0 Å². The summed E-state index contributed by atoms with van der Waals surface area (Å²) in [6.07, 6.45) is 3.71. The predicted octanol–water partition coefficient (Wildman–Crippen LogP) is 2.71. The van der Waals surface area contributed by atoms with E-state index in [1.165, 1.54) is 0 Å². The minimum absolute atomic E-state index is 0.180. The molecular weight excluding hydrogens is 314 g/mol. The van der Waals surface area contributed by atoms with E-state index in [0.29, 0.717) is 18.5 Å². The fraction of sp³-hybridized carbons (Fsp3) is 0.650. The van der Waals surface area contributed by atoms with Crippen molar-refractivity contribution in [2.45, 2.75) is 51.7 Å². The highest BCUT2D eigenvalue weighted by atomic mass is 16.3. The first kappa shape index (κ1) is 18.1. The first-order valence-electron chi connectivity index (χ1n) is 9.60. The monoisotopic (exact) mass is 345 g/mol. The highest BCUT2D eigenvalue weighted by molar-refractivity contribution is 5.83. The maximum atomic E-state index is 12.7. The molecule has 0 spiro atoms. The number of hydrogen-bond donors (Lipinski definition) is 2. The second kappa shape index (κ2) is 8.09. The number of amides is 1. The van der Waals surface area contributed by atoms with Gasteiger partial charge < -0.3 is 20.2 Å². The second-order valence-corrected chi connectivity index (χ2v) is 7.76. The van der Waals surface area contributed by atoms with Crippen LogP contribution in [0.25, 0.3) is 0 Å². The van der Waals surface area contributed by atoms with Crippen LogP contribution in [0.5, 0.6) is 0 Å². The van der Waals surface area contributed by atoms with Gasteiger partial charge in [0.05, 0.1) is 24.0 Å². The Morgan fingerprint density at radius 3 is 2.56 bits per heavy atom. The van der Waals surface area contributed by atoms with Crippen LogP contribution in [0.3, 0.4) is 0 Å². The van der Waals surface area contributed by atoms with Gasteiger partial charge in [-0.25, -0.2) is 0 Å². The van der Waals surface area contributed by atoms with Crippen LogP contribution >= 0.6 is 0 Å². The Bertz CT molecular complexity index is 578. The molecule has 1 saturated heterocycles. The lowest BCUT2D eigenvalue weighted by Crippen LogP contribution is -2.40. The number of aliphatic hydroxyl groups excluding tert-OH is 1. The highest BCUT2D eigenvalue weighted by Crippen LogP contribution is 2.30. The lowest BCUT2D eigenvalue weighted by Gasteiger charge is -2.33. The number of benzene rings is 1. The molecule has 0 aromatic heterocycles. The average molecular weight is 345 g/mol. The number of carbonyl (C=O) groups excluding carboxylic acids is 1. The van der Waals surface area contributed by atoms with Gasteiger partial charge in [-0.3, -0.25) is 4.79 Å². The van der Waals surface area contributed by atoms with Crippen molar-refractivity contribution >= 4 is 17.3 Å². The van der Waals surface area contributed by atoms with Crippen molar-refractivity contribution in [3.8, 4) is 0 Å². The molecule has 2 fully saturated rings. The number of piperidine rings is 1. The Kier molecular flexibility index (Phi) is 5.84. The summed E-state index contributed by atoms with van der Waals surface area (Å²) in [5, 5.41) is 13.1. The van der Waals surface area contributed by atoms with Crippen LogP contribution in [0.1, 0.15) is 39.5 Å². The number of anilines is 2. The van der Waals surface area contributed by atoms with Gasteiger partial charge in [0, 0.05) is 25.7 Å². The van der Waals surface area contributed by atoms with Gasteiger partial charge in [-0.1, -0.05) is 26.0 Å². The van der Waals surface area contributed by atoms with Crippen LogP contribution < -0.4 is 10.2 Å². The largest absolute Gasteiger partial charge is 0.393 e. The fourth-order valence-corrected chi connectivity index (χ4v) is 3.51. The summed E-state index contributed by atoms with van der Waals surface area (Å²) in [5.41, 5.74) is 2.14. The first-order valence-corrected chi connectivity index (χ1v) is 9.60. The summed E-state index contributed by atoms with van der Waals surface area (Å²) in [6, 6.07) is 8.62. The molecule has 1 aliphatic carbocycles. The first-order chi connectivity index (χ1) is 12.0. The van der Waals surface area contributed by atoms with Crippen molar-refractivity contribution in [3.63, 3.8) is 0 Å². The molecule has 2 N–H and O–H groups in total. The summed E-state index contributed by atoms with van der Waals surface area (Å²) < 4.78 is 0. The van der Waals surface area contributed by atoms with Gasteiger partial charge in [-0.05, 0) is 43.7 Å². The lowest BCUT2D eigenvalue weighted by molar-refractivity contribution is -0.130. The van der Waals surface area contributed by atoms with Gasteiger partial charge in [-0.2, -0.15) is 0 Å². The smallest absolute Gasteiger partial charge is 0.242 e. The third-order valence-electron chi connectivity index (χ3n) is 5.01. The van der Waals surface area contributed by atoms with E-state index in [0.717, 1.165) is 56.7 Å². The molecule has 1 saturated carbocycles. The number of aliphatic hydroxyl groups is 1. The zero-order valence-corrected chi connectivity index (χ0v) is 15.4. The maximum Gasteiger partial charge on any atom is 0.242 e. The summed E-state index contributed by atoms with van der Waals surface area (Å²) in [5.74, 6) is 0.691. The molecular formula is C20H31N3O2. The molecule has 138 valence electrons. The molecule has 1 aliphatic heterocycles. The molecule has 1 amide bonds. The van der Waals surface area contributed by atoms with Gasteiger partial charge in [0.2, 0.25) is 5.91 Å². The van der Waals surface area contributed by atoms with E-state index in [1.54, 1.807) is 0 Å². The Morgan fingerprint density at radius 1 is 1.24 bits per heavy atom. The molecule has 1 aromatic rings. The number of hydrogen-bond acceptors (Lipinski definition) is 4. The molecule has 1 aromatic carbocycles. The third-order valence-corrected chi connectivity index (χ3v) is 5.01. The molecule has 0 radical (unpaired) electrons. The van der Waals surface area contributed by atoms with E-state index in [-0.39, 0.29) is 12.0 Å². The van der Waals surface area contributed by atoms with E-state index in [9.17, 15) is 9.90 Å². The van der Waals surface area contributed by atoms with Gasteiger partial charge in [0.15, 0.2) is 0 Å². The average Bonchev–Trinajstić information content (AvgIpc) is 3.43. The normalized spacial score (nSPS) is 18.5. The number of rotatable bonds is 7. The number of nitrogens with zero attached hydrogens (tertiary/aromatic N) is 2. The topological polar surface area (TPSA) is 55.8 Å². The Hall–Kier alpha value is -1.75. The van der Waals surface area contributed by atoms with Crippen molar-refractivity contribution in [1.82, 2.24) is 4.90 Å². The van der Waals surface area contributed by atoms with Gasteiger partial charge in [-0.15, -0.1) is 0 Å². The molecule has 0 unspecified atom stereocenters. The van der Waals surface area contributed by atoms with Crippen LogP contribution in [0.2, 0.25) is 0 Å². The van der Waals surface area contributed by atoms with Crippen molar-refractivity contribution in [2.24, 2.45) is 5.92 Å². The van der Waals surface area contributed by atoms with E-state index in [1.807, 2.05) is 18.2 Å². The minimum atomic E-state index is -0.180. The minimum Gasteiger partial charge on any atom is -0.393 e. The van der Waals surface area contributed by atoms with E-state index >= 15 is 0 Å². The third kappa shape index (κ3) is 4.88. The van der Waals surface area contributed by atoms with Crippen LogP contribution in [-0.2, 0) is 4.79 Å². The predicted molar refractivity (Wildman–Crippen MR) is 102 cm³/mol. The summed E-state index contributed by atoms with van der Waals surface area (Å²) in [4.78, 5) is 17.0. The van der Waals surface area contributed by atoms with Crippen molar-refractivity contribution in [1.29, 1.82) is 0 Å². The maximum absolute atomic E-state index is 12.7. The summed E-state index contributed by atoms with van der Waals surface area (Å²) in [6.45, 7) is 7.23. The zero-order valence-electron chi connectivity index (χ0n) is 15.4. The molecule has 1 heterocycles. The quantitative estimate of drug-likeness (QED) is 0.798. The summed E-state index contributed by atoms with van der Waals surface area (Å²) in [7, 11) is 0. The fourth-order valence-electron chi connectivity index (χ4n) is 3.51. The van der Waals surface area contributed by atoms with Crippen LogP contribution in [0, 0.1) is 5.92 Å². The summed E-state index contributed by atoms with van der Waals surface area (Å²) >= 11 is 0. The van der Waals surface area contributed by atoms with Crippen LogP contribution in [-0.4, -0.2) is 54.2 Å². The van der Waals surface area contributed by atoms with Crippen LogP contribution in [0.4, 0.5) is 11.4 Å². The molecule has 0 atom stereocenters. The van der Waals surface area contributed by atoms with Gasteiger partial charge in [0.1, 0.15) is 0 Å². The zero-order chi connectivity index (χ0) is 17.8. The second-order valence-electron chi connectivity index (χ2n) is 7.76. The molecule has 0 bridgehead atoms. The lowest BCUT2D eigenvalue weighted by atomic mass is 10.1. The number of para-hydroxylation sites is 2. The van der Waals surface area contributed by atoms with E-state index < -0.39 is 0 Å². The molecule has 5 heteroatoms. The van der Waals surface area contributed by atoms with Gasteiger partial charge >= 0.3 is 0 Å². The molecule has 3 rings (SSSR count). The SMILES string of the molecule is CC(C)CN(C(=O)CNc1ccccc1N1CCC(O)CC1)C1CC1. The van der Waals surface area contributed by atoms with Crippen molar-refractivity contribution in [3.05, 3.63) is 24.3 Å². The molecule has 25 heavy (non-hydrogen) atoms. The molecule has 5 nitrogen and oxygen atoms in total. The Labute approximate surface area is 151 Å². The number of nitrogens with one attached hydrogen (secondary N) is 1. The standard InChI is InChI=1S/C20H31N3O2/c1-15(2)14-23(16-7-8-16)20(25)13-21-18-5-3-4-6-19(18)22-11-9-17(24)10-12-22/h3-6,15-17,21,24H,7-14H2,1-2H3. The van der Waals surface area contributed by atoms with Gasteiger partial charge in [0.25, 0.3) is 0 Å². The van der Waals surface area contributed by atoms with Crippen LogP contribution in [0.15, 0.2) is 24.3 Å². The number of carbonyl (C=O) groups is 1.